The Balaban J connectivity index is 2.15. The molecule has 2 rings (SSSR count). The molecule has 1 aromatic carbocycles. The van der Waals surface area contributed by atoms with Gasteiger partial charge in [0.05, 0.1) is 6.10 Å². The molecule has 2 aromatic rings. The van der Waals surface area contributed by atoms with Gasteiger partial charge in [-0.15, -0.1) is 0 Å². The number of rotatable bonds is 5. The van der Waals surface area contributed by atoms with Gasteiger partial charge in [-0.2, -0.15) is 4.98 Å². The smallest absolute Gasteiger partial charge is 0.253 e. The van der Waals surface area contributed by atoms with Gasteiger partial charge < -0.3 is 14.5 Å². The van der Waals surface area contributed by atoms with E-state index in [0.717, 1.165) is 5.56 Å². The first-order valence-electron chi connectivity index (χ1n) is 6.81. The number of aryl methyl sites for hydroxylation is 1. The number of benzene rings is 1. The van der Waals surface area contributed by atoms with Crippen molar-refractivity contribution in [2.45, 2.75) is 26.4 Å². The molecule has 0 fully saturated rings. The van der Waals surface area contributed by atoms with E-state index in [4.69, 9.17) is 4.52 Å². The lowest BCUT2D eigenvalue weighted by Gasteiger charge is -2.18. The Kier molecular flexibility index (Phi) is 4.70. The SMILES string of the molecule is Cc1nc(-c2cccc(C(=O)N(C)CCC(C)O)c2)no1. The monoisotopic (exact) mass is 289 g/mol. The van der Waals surface area contributed by atoms with Crippen molar-refractivity contribution in [3.63, 3.8) is 0 Å². The van der Waals surface area contributed by atoms with Crippen LogP contribution in [0.15, 0.2) is 28.8 Å². The van der Waals surface area contributed by atoms with E-state index in [9.17, 15) is 9.90 Å². The van der Waals surface area contributed by atoms with Crippen molar-refractivity contribution in [3.05, 3.63) is 35.7 Å². The largest absolute Gasteiger partial charge is 0.393 e. The number of carbonyl (C=O) groups is 1. The Labute approximate surface area is 123 Å². The lowest BCUT2D eigenvalue weighted by atomic mass is 10.1. The normalized spacial score (nSPS) is 12.2. The molecule has 1 unspecified atom stereocenters. The van der Waals surface area contributed by atoms with Crippen LogP contribution in [0.5, 0.6) is 0 Å². The van der Waals surface area contributed by atoms with Crippen molar-refractivity contribution >= 4 is 5.91 Å². The van der Waals surface area contributed by atoms with Crippen LogP contribution < -0.4 is 0 Å². The Hall–Kier alpha value is -2.21. The molecule has 6 heteroatoms. The minimum absolute atomic E-state index is 0.0993. The topological polar surface area (TPSA) is 79.5 Å². The summed E-state index contributed by atoms with van der Waals surface area (Å²) >= 11 is 0. The van der Waals surface area contributed by atoms with Crippen molar-refractivity contribution < 1.29 is 14.4 Å². The maximum Gasteiger partial charge on any atom is 0.253 e. The van der Waals surface area contributed by atoms with Gasteiger partial charge in [-0.25, -0.2) is 0 Å². The van der Waals surface area contributed by atoms with E-state index < -0.39 is 6.10 Å². The molecule has 21 heavy (non-hydrogen) atoms. The van der Waals surface area contributed by atoms with Gasteiger partial charge >= 0.3 is 0 Å². The molecule has 0 saturated heterocycles. The zero-order valence-electron chi connectivity index (χ0n) is 12.4. The number of hydrogen-bond donors (Lipinski definition) is 1. The molecule has 1 aromatic heterocycles. The minimum Gasteiger partial charge on any atom is -0.393 e. The van der Waals surface area contributed by atoms with Gasteiger partial charge in [0.25, 0.3) is 5.91 Å². The molecule has 0 radical (unpaired) electrons. The lowest BCUT2D eigenvalue weighted by Crippen LogP contribution is -2.29. The van der Waals surface area contributed by atoms with Gasteiger partial charge in [-0.1, -0.05) is 17.3 Å². The van der Waals surface area contributed by atoms with Crippen LogP contribution in [0.2, 0.25) is 0 Å². The third-order valence-electron chi connectivity index (χ3n) is 3.12. The number of carbonyl (C=O) groups excluding carboxylic acids is 1. The predicted molar refractivity (Wildman–Crippen MR) is 77.7 cm³/mol. The van der Waals surface area contributed by atoms with E-state index in [2.05, 4.69) is 10.1 Å². The van der Waals surface area contributed by atoms with E-state index >= 15 is 0 Å². The third kappa shape index (κ3) is 3.88. The summed E-state index contributed by atoms with van der Waals surface area (Å²) in [4.78, 5) is 18.1. The summed E-state index contributed by atoms with van der Waals surface area (Å²) in [6.07, 6.45) is 0.125. The molecule has 1 N–H and O–H groups in total. The fourth-order valence-electron chi connectivity index (χ4n) is 1.91. The summed E-state index contributed by atoms with van der Waals surface area (Å²) in [5.41, 5.74) is 1.30. The van der Waals surface area contributed by atoms with Crippen LogP contribution in [0.1, 0.15) is 29.6 Å². The van der Waals surface area contributed by atoms with Crippen molar-refractivity contribution in [2.75, 3.05) is 13.6 Å². The van der Waals surface area contributed by atoms with Crippen molar-refractivity contribution in [1.29, 1.82) is 0 Å². The summed E-state index contributed by atoms with van der Waals surface area (Å²) < 4.78 is 4.95. The highest BCUT2D eigenvalue weighted by Crippen LogP contribution is 2.18. The number of aliphatic hydroxyl groups is 1. The first-order chi connectivity index (χ1) is 9.97. The maximum atomic E-state index is 12.3. The Morgan fingerprint density at radius 1 is 1.48 bits per heavy atom. The average Bonchev–Trinajstić information content (AvgIpc) is 2.90. The quantitative estimate of drug-likeness (QED) is 0.909. The first kappa shape index (κ1) is 15.2. The average molecular weight is 289 g/mol. The molecule has 0 aliphatic carbocycles. The van der Waals surface area contributed by atoms with Crippen LogP contribution in [0.4, 0.5) is 0 Å². The second-order valence-corrected chi connectivity index (χ2v) is 5.08. The molecule has 0 aliphatic rings. The van der Waals surface area contributed by atoms with Crippen molar-refractivity contribution in [3.8, 4) is 11.4 Å². The molecule has 112 valence electrons. The second-order valence-electron chi connectivity index (χ2n) is 5.08. The van der Waals surface area contributed by atoms with Gasteiger partial charge in [0, 0.05) is 31.6 Å². The number of hydrogen-bond acceptors (Lipinski definition) is 5. The summed E-state index contributed by atoms with van der Waals surface area (Å²) in [6.45, 7) is 3.93. The van der Waals surface area contributed by atoms with Gasteiger partial charge in [-0.3, -0.25) is 4.79 Å². The molecule has 0 bridgehead atoms. The van der Waals surface area contributed by atoms with Gasteiger partial charge in [0.1, 0.15) is 0 Å². The fraction of sp³-hybridized carbons (Fsp3) is 0.400. The number of amides is 1. The number of aromatic nitrogens is 2. The van der Waals surface area contributed by atoms with E-state index in [1.165, 1.54) is 0 Å². The van der Waals surface area contributed by atoms with Gasteiger partial charge in [0.2, 0.25) is 11.7 Å². The Morgan fingerprint density at radius 3 is 2.86 bits per heavy atom. The van der Waals surface area contributed by atoms with Crippen LogP contribution in [-0.4, -0.2) is 45.8 Å². The van der Waals surface area contributed by atoms with Gasteiger partial charge in [-0.05, 0) is 25.5 Å². The van der Waals surface area contributed by atoms with E-state index in [1.54, 1.807) is 44.0 Å². The standard InChI is InChI=1S/C15H19N3O3/c1-10(19)7-8-18(3)15(20)13-6-4-5-12(9-13)14-16-11(2)21-17-14/h4-6,9-10,19H,7-8H2,1-3H3. The zero-order valence-corrected chi connectivity index (χ0v) is 12.4. The molecule has 0 saturated carbocycles. The number of aliphatic hydroxyl groups excluding tert-OH is 1. The van der Waals surface area contributed by atoms with Crippen LogP contribution in [0.25, 0.3) is 11.4 Å². The zero-order chi connectivity index (χ0) is 15.4. The van der Waals surface area contributed by atoms with E-state index in [0.29, 0.717) is 30.2 Å². The highest BCUT2D eigenvalue weighted by atomic mass is 16.5. The molecule has 1 amide bonds. The van der Waals surface area contributed by atoms with Crippen LogP contribution >= 0.6 is 0 Å². The fourth-order valence-corrected chi connectivity index (χ4v) is 1.91. The molecule has 1 atom stereocenters. The second kappa shape index (κ2) is 6.49. The van der Waals surface area contributed by atoms with E-state index in [-0.39, 0.29) is 5.91 Å². The third-order valence-corrected chi connectivity index (χ3v) is 3.12. The Bertz CT molecular complexity index is 622. The Morgan fingerprint density at radius 2 is 2.24 bits per heavy atom. The predicted octanol–water partition coefficient (Wildman–Crippen LogP) is 1.89. The minimum atomic E-state index is -0.422. The van der Waals surface area contributed by atoms with Crippen molar-refractivity contribution in [1.82, 2.24) is 15.0 Å². The molecular formula is C15H19N3O3. The maximum absolute atomic E-state index is 12.3. The summed E-state index contributed by atoms with van der Waals surface area (Å²) in [7, 11) is 1.72. The summed E-state index contributed by atoms with van der Waals surface area (Å²) in [6, 6.07) is 7.11. The number of nitrogens with zero attached hydrogens (tertiary/aromatic N) is 3. The van der Waals surface area contributed by atoms with E-state index in [1.807, 2.05) is 6.07 Å². The highest BCUT2D eigenvalue weighted by Gasteiger charge is 2.14. The van der Waals surface area contributed by atoms with Crippen molar-refractivity contribution in [2.24, 2.45) is 0 Å². The highest BCUT2D eigenvalue weighted by molar-refractivity contribution is 5.95. The van der Waals surface area contributed by atoms with Crippen LogP contribution in [-0.2, 0) is 0 Å². The summed E-state index contributed by atoms with van der Waals surface area (Å²) in [5.74, 6) is 0.849. The molecular weight excluding hydrogens is 270 g/mol. The van der Waals surface area contributed by atoms with Crippen LogP contribution in [0, 0.1) is 6.92 Å². The van der Waals surface area contributed by atoms with Gasteiger partial charge in [0.15, 0.2) is 0 Å². The molecule has 6 nitrogen and oxygen atoms in total. The molecule has 0 aliphatic heterocycles. The summed E-state index contributed by atoms with van der Waals surface area (Å²) in [5, 5.41) is 13.1. The first-order valence-corrected chi connectivity index (χ1v) is 6.81. The molecule has 1 heterocycles. The molecule has 0 spiro atoms. The lowest BCUT2D eigenvalue weighted by molar-refractivity contribution is 0.0769. The van der Waals surface area contributed by atoms with Crippen LogP contribution in [0.3, 0.4) is 0 Å².